The van der Waals surface area contributed by atoms with Gasteiger partial charge >= 0.3 is 6.18 Å². The summed E-state index contributed by atoms with van der Waals surface area (Å²) >= 11 is 3.41. The highest BCUT2D eigenvalue weighted by atomic mass is 32.1. The molecule has 0 bridgehead atoms. The Kier molecular flexibility index (Phi) is 3.33. The number of rotatable bonds is 2. The fourth-order valence-electron chi connectivity index (χ4n) is 2.44. The zero-order chi connectivity index (χ0) is 15.4. The summed E-state index contributed by atoms with van der Waals surface area (Å²) in [5.74, 6) is 0. The lowest BCUT2D eigenvalue weighted by atomic mass is 9.85. The monoisotopic (exact) mass is 328 g/mol. The highest BCUT2D eigenvalue weighted by Crippen LogP contribution is 2.43. The molecule has 0 aliphatic heterocycles. The van der Waals surface area contributed by atoms with Crippen molar-refractivity contribution in [1.82, 2.24) is 0 Å². The lowest BCUT2D eigenvalue weighted by Crippen LogP contribution is -2.34. The maximum absolute atomic E-state index is 13.0. The van der Waals surface area contributed by atoms with Crippen molar-refractivity contribution in [2.75, 3.05) is 0 Å². The van der Waals surface area contributed by atoms with E-state index in [1.54, 1.807) is 22.7 Å². The Morgan fingerprint density at radius 3 is 2.38 bits per heavy atom. The van der Waals surface area contributed by atoms with Gasteiger partial charge in [-0.2, -0.15) is 13.2 Å². The van der Waals surface area contributed by atoms with E-state index < -0.39 is 11.6 Å². The molecule has 0 N–H and O–H groups in total. The van der Waals surface area contributed by atoms with Crippen LogP contribution in [0.25, 0.3) is 19.5 Å². The summed E-state index contributed by atoms with van der Waals surface area (Å²) in [4.78, 5) is 1.24. The second-order valence-corrected chi connectivity index (χ2v) is 8.38. The van der Waals surface area contributed by atoms with Crippen LogP contribution in [-0.2, 0) is 6.42 Å². The molecule has 3 aromatic rings. The summed E-state index contributed by atoms with van der Waals surface area (Å²) in [5.41, 5.74) is -0.961. The molecule has 0 saturated heterocycles. The van der Waals surface area contributed by atoms with Crippen LogP contribution in [0.3, 0.4) is 0 Å². The predicted octanol–water partition coefficient (Wildman–Crippen LogP) is 6.56. The maximum Gasteiger partial charge on any atom is 0.394 e. The molecule has 1 aromatic carbocycles. The molecule has 2 heterocycles. The smallest absolute Gasteiger partial charge is 0.171 e. The minimum atomic E-state index is -4.19. The third-order valence-electron chi connectivity index (χ3n) is 3.74. The highest BCUT2D eigenvalue weighted by molar-refractivity contribution is 7.32. The van der Waals surface area contributed by atoms with Crippen LogP contribution in [-0.4, -0.2) is 6.18 Å². The predicted molar refractivity (Wildman–Crippen MR) is 85.5 cm³/mol. The molecule has 0 atom stereocenters. The fraction of sp³-hybridized carbons (Fsp3) is 0.375. The van der Waals surface area contributed by atoms with E-state index >= 15 is 0 Å². The van der Waals surface area contributed by atoms with E-state index in [2.05, 4.69) is 13.0 Å². The number of hydrogen-bond acceptors (Lipinski definition) is 2. The summed E-state index contributed by atoms with van der Waals surface area (Å²) in [7, 11) is 0. The molecule has 21 heavy (non-hydrogen) atoms. The van der Waals surface area contributed by atoms with Gasteiger partial charge in [0.25, 0.3) is 0 Å². The molecular formula is C16H15F3S2. The van der Waals surface area contributed by atoms with Crippen molar-refractivity contribution < 1.29 is 13.2 Å². The van der Waals surface area contributed by atoms with Crippen molar-refractivity contribution in [3.8, 4) is 0 Å². The van der Waals surface area contributed by atoms with Crippen LogP contribution < -0.4 is 0 Å². The summed E-state index contributed by atoms with van der Waals surface area (Å²) in [6.45, 7) is 4.57. The Morgan fingerprint density at radius 1 is 1.00 bits per heavy atom. The summed E-state index contributed by atoms with van der Waals surface area (Å²) in [5, 5.41) is 1.09. The van der Waals surface area contributed by atoms with Gasteiger partial charge in [0.1, 0.15) is 0 Å². The second kappa shape index (κ2) is 4.71. The van der Waals surface area contributed by atoms with Gasteiger partial charge in [0, 0.05) is 19.7 Å². The minimum Gasteiger partial charge on any atom is -0.171 e. The van der Waals surface area contributed by atoms with Gasteiger partial charge < -0.3 is 0 Å². The van der Waals surface area contributed by atoms with Crippen molar-refractivity contribution in [3.63, 3.8) is 0 Å². The number of thiophene rings is 2. The average Bonchev–Trinajstić information content (AvgIpc) is 2.83. The van der Waals surface area contributed by atoms with Crippen molar-refractivity contribution in [1.29, 1.82) is 0 Å². The SMILES string of the molecule is Cc1cc2sc3ccc(CC(C)(C)C(F)(F)F)cc3c2s1. The molecule has 5 heteroatoms. The molecule has 0 spiro atoms. The summed E-state index contributed by atoms with van der Waals surface area (Å²) in [6.07, 6.45) is -4.18. The van der Waals surface area contributed by atoms with Crippen LogP contribution in [0, 0.1) is 12.3 Å². The van der Waals surface area contributed by atoms with E-state index in [4.69, 9.17) is 0 Å². The lowest BCUT2D eigenvalue weighted by Gasteiger charge is -2.27. The molecule has 112 valence electrons. The van der Waals surface area contributed by atoms with E-state index in [1.807, 2.05) is 18.2 Å². The van der Waals surface area contributed by atoms with Crippen molar-refractivity contribution >= 4 is 42.2 Å². The molecule has 3 rings (SSSR count). The molecular weight excluding hydrogens is 313 g/mol. The van der Waals surface area contributed by atoms with Crippen molar-refractivity contribution in [2.45, 2.75) is 33.4 Å². The quantitative estimate of drug-likeness (QED) is 0.500. The van der Waals surface area contributed by atoms with E-state index in [9.17, 15) is 13.2 Å². The topological polar surface area (TPSA) is 0 Å². The van der Waals surface area contributed by atoms with Crippen LogP contribution >= 0.6 is 22.7 Å². The molecule has 0 amide bonds. The molecule has 2 aromatic heterocycles. The van der Waals surface area contributed by atoms with E-state index in [-0.39, 0.29) is 6.42 Å². The van der Waals surface area contributed by atoms with Gasteiger partial charge in [-0.15, -0.1) is 22.7 Å². The first-order valence-electron chi connectivity index (χ1n) is 6.66. The second-order valence-electron chi connectivity index (χ2n) is 6.04. The van der Waals surface area contributed by atoms with Crippen molar-refractivity contribution in [3.05, 3.63) is 34.7 Å². The Labute approximate surface area is 129 Å². The van der Waals surface area contributed by atoms with Crippen LogP contribution in [0.1, 0.15) is 24.3 Å². The highest BCUT2D eigenvalue weighted by Gasteiger charge is 2.46. The van der Waals surface area contributed by atoms with E-state index in [1.165, 1.54) is 28.1 Å². The Bertz CT molecular complexity index is 806. The van der Waals surface area contributed by atoms with Gasteiger partial charge in [-0.1, -0.05) is 19.9 Å². The molecule has 0 nitrogen and oxygen atoms in total. The molecule has 0 aliphatic rings. The minimum absolute atomic E-state index is 0.00807. The standard InChI is InChI=1S/C16H15F3S2/c1-9-6-13-14(20-9)11-7-10(4-5-12(11)21-13)8-15(2,3)16(17,18)19/h4-7H,8H2,1-3H3. The zero-order valence-corrected chi connectivity index (χ0v) is 13.6. The van der Waals surface area contributed by atoms with Gasteiger partial charge in [-0.05, 0) is 37.1 Å². The number of fused-ring (bicyclic) bond motifs is 3. The Hall–Kier alpha value is -1.07. The first-order chi connectivity index (χ1) is 9.67. The summed E-state index contributed by atoms with van der Waals surface area (Å²) in [6, 6.07) is 7.84. The van der Waals surface area contributed by atoms with Crippen molar-refractivity contribution in [2.24, 2.45) is 5.41 Å². The number of benzene rings is 1. The molecule has 0 fully saturated rings. The number of alkyl halides is 3. The van der Waals surface area contributed by atoms with E-state index in [0.717, 1.165) is 15.6 Å². The first kappa shape index (κ1) is 14.9. The van der Waals surface area contributed by atoms with Gasteiger partial charge in [0.05, 0.1) is 10.1 Å². The third kappa shape index (κ3) is 2.57. The van der Waals surface area contributed by atoms with Gasteiger partial charge in [-0.25, -0.2) is 0 Å². The van der Waals surface area contributed by atoms with Gasteiger partial charge in [0.2, 0.25) is 0 Å². The average molecular weight is 328 g/mol. The lowest BCUT2D eigenvalue weighted by molar-refractivity contribution is -0.211. The van der Waals surface area contributed by atoms with Crippen LogP contribution in [0.5, 0.6) is 0 Å². The maximum atomic E-state index is 13.0. The van der Waals surface area contributed by atoms with Crippen LogP contribution in [0.15, 0.2) is 24.3 Å². The number of hydrogen-bond donors (Lipinski definition) is 0. The van der Waals surface area contributed by atoms with Crippen LogP contribution in [0.2, 0.25) is 0 Å². The van der Waals surface area contributed by atoms with Gasteiger partial charge in [0.15, 0.2) is 0 Å². The Balaban J connectivity index is 2.06. The normalized spacial score (nSPS) is 13.4. The molecule has 0 saturated carbocycles. The van der Waals surface area contributed by atoms with Crippen LogP contribution in [0.4, 0.5) is 13.2 Å². The largest absolute Gasteiger partial charge is 0.394 e. The first-order valence-corrected chi connectivity index (χ1v) is 8.29. The molecule has 0 unspecified atom stereocenters. The number of halogens is 3. The number of aryl methyl sites for hydroxylation is 1. The third-order valence-corrected chi connectivity index (χ3v) is 6.07. The fourth-order valence-corrected chi connectivity index (χ4v) is 4.85. The summed E-state index contributed by atoms with van der Waals surface area (Å²) < 4.78 is 42.7. The van der Waals surface area contributed by atoms with Gasteiger partial charge in [-0.3, -0.25) is 0 Å². The molecule has 0 aliphatic carbocycles. The Morgan fingerprint density at radius 2 is 1.71 bits per heavy atom. The molecule has 0 radical (unpaired) electrons. The van der Waals surface area contributed by atoms with E-state index in [0.29, 0.717) is 0 Å². The zero-order valence-electron chi connectivity index (χ0n) is 12.0.